The number of hydrogen-bond donors (Lipinski definition) is 2. The first-order valence-corrected chi connectivity index (χ1v) is 4.55. The fraction of sp³-hybridized carbons (Fsp3) is 0.125. The first-order chi connectivity index (χ1) is 5.59. The van der Waals surface area contributed by atoms with Crippen molar-refractivity contribution in [1.82, 2.24) is 0 Å². The van der Waals surface area contributed by atoms with Gasteiger partial charge in [-0.25, -0.2) is 0 Å². The molecule has 12 heavy (non-hydrogen) atoms. The molecule has 0 aliphatic rings. The number of phenols is 1. The highest BCUT2D eigenvalue weighted by atomic mass is 79.9. The normalized spacial score (nSPS) is 9.75. The molecule has 4 heteroatoms. The molecular weight excluding hydrogens is 238 g/mol. The summed E-state index contributed by atoms with van der Waals surface area (Å²) in [5.41, 5.74) is 6.28. The number of benzene rings is 1. The summed E-state index contributed by atoms with van der Waals surface area (Å²) in [6, 6.07) is 5.01. The minimum absolute atomic E-state index is 0.226. The van der Waals surface area contributed by atoms with E-state index in [1.165, 1.54) is 0 Å². The maximum absolute atomic E-state index is 9.15. The molecular formula is C8H8BrNOS. The number of thiocarbonyl (C=S) groups is 1. The van der Waals surface area contributed by atoms with Crippen LogP contribution < -0.4 is 5.73 Å². The fourth-order valence-electron chi connectivity index (χ4n) is 0.884. The lowest BCUT2D eigenvalue weighted by molar-refractivity contribution is 0.474. The highest BCUT2D eigenvalue weighted by Crippen LogP contribution is 2.21. The number of aromatic hydroxyl groups is 1. The van der Waals surface area contributed by atoms with Crippen molar-refractivity contribution >= 4 is 33.1 Å². The SMILES string of the molecule is NC(=S)Cc1cc(O)ccc1Br. The molecule has 0 radical (unpaired) electrons. The molecule has 0 saturated carbocycles. The summed E-state index contributed by atoms with van der Waals surface area (Å²) >= 11 is 8.09. The molecule has 0 spiro atoms. The van der Waals surface area contributed by atoms with E-state index >= 15 is 0 Å². The van der Waals surface area contributed by atoms with E-state index in [-0.39, 0.29) is 5.75 Å². The Morgan fingerprint density at radius 3 is 2.83 bits per heavy atom. The molecule has 1 aromatic rings. The lowest BCUT2D eigenvalue weighted by atomic mass is 10.1. The molecule has 0 heterocycles. The van der Waals surface area contributed by atoms with Gasteiger partial charge in [-0.05, 0) is 23.8 Å². The third-order valence-electron chi connectivity index (χ3n) is 1.39. The molecule has 0 saturated heterocycles. The van der Waals surface area contributed by atoms with Crippen LogP contribution in [0.4, 0.5) is 0 Å². The predicted octanol–water partition coefficient (Wildman–Crippen LogP) is 1.98. The molecule has 2 nitrogen and oxygen atoms in total. The zero-order valence-corrected chi connectivity index (χ0v) is 8.65. The minimum atomic E-state index is 0.226. The van der Waals surface area contributed by atoms with Crippen LogP contribution in [-0.4, -0.2) is 10.1 Å². The summed E-state index contributed by atoms with van der Waals surface area (Å²) in [7, 11) is 0. The van der Waals surface area contributed by atoms with Crippen molar-refractivity contribution in [3.63, 3.8) is 0 Å². The molecule has 0 bridgehead atoms. The van der Waals surface area contributed by atoms with Gasteiger partial charge in [0.2, 0.25) is 0 Å². The first kappa shape index (κ1) is 9.48. The molecule has 1 aromatic carbocycles. The molecule has 0 unspecified atom stereocenters. The second kappa shape index (κ2) is 3.87. The van der Waals surface area contributed by atoms with Crippen LogP contribution in [0.2, 0.25) is 0 Å². The van der Waals surface area contributed by atoms with Gasteiger partial charge in [0.05, 0.1) is 4.99 Å². The second-order valence-corrected chi connectivity index (χ2v) is 3.80. The van der Waals surface area contributed by atoms with Crippen molar-refractivity contribution in [1.29, 1.82) is 0 Å². The van der Waals surface area contributed by atoms with Crippen LogP contribution >= 0.6 is 28.1 Å². The molecule has 0 aliphatic carbocycles. The van der Waals surface area contributed by atoms with E-state index in [2.05, 4.69) is 15.9 Å². The molecule has 3 N–H and O–H groups in total. The quantitative estimate of drug-likeness (QED) is 0.784. The third kappa shape index (κ3) is 2.46. The van der Waals surface area contributed by atoms with Gasteiger partial charge < -0.3 is 10.8 Å². The third-order valence-corrected chi connectivity index (χ3v) is 2.31. The van der Waals surface area contributed by atoms with Crippen LogP contribution in [0.15, 0.2) is 22.7 Å². The van der Waals surface area contributed by atoms with E-state index in [9.17, 15) is 0 Å². The van der Waals surface area contributed by atoms with Gasteiger partial charge >= 0.3 is 0 Å². The average Bonchev–Trinajstić information content (AvgIpc) is 1.96. The van der Waals surface area contributed by atoms with E-state index in [0.717, 1.165) is 10.0 Å². The van der Waals surface area contributed by atoms with Gasteiger partial charge in [0.1, 0.15) is 5.75 Å². The highest BCUT2D eigenvalue weighted by Gasteiger charge is 2.01. The fourth-order valence-corrected chi connectivity index (χ4v) is 1.43. The molecule has 0 aromatic heterocycles. The first-order valence-electron chi connectivity index (χ1n) is 3.35. The Balaban J connectivity index is 2.97. The highest BCUT2D eigenvalue weighted by molar-refractivity contribution is 9.10. The Hall–Kier alpha value is -0.610. The lowest BCUT2D eigenvalue weighted by Gasteiger charge is -2.02. The summed E-state index contributed by atoms with van der Waals surface area (Å²) in [5, 5.41) is 9.15. The van der Waals surface area contributed by atoms with Crippen LogP contribution in [0.25, 0.3) is 0 Å². The van der Waals surface area contributed by atoms with E-state index in [1.54, 1.807) is 18.2 Å². The second-order valence-electron chi connectivity index (χ2n) is 2.42. The summed E-state index contributed by atoms with van der Waals surface area (Å²) in [6.45, 7) is 0. The van der Waals surface area contributed by atoms with Gasteiger partial charge in [-0.3, -0.25) is 0 Å². The zero-order chi connectivity index (χ0) is 9.14. The van der Waals surface area contributed by atoms with Crippen LogP contribution in [0, 0.1) is 0 Å². The summed E-state index contributed by atoms with van der Waals surface area (Å²) < 4.78 is 0.910. The van der Waals surface area contributed by atoms with Crippen LogP contribution in [0.5, 0.6) is 5.75 Å². The van der Waals surface area contributed by atoms with Crippen LogP contribution in [0.1, 0.15) is 5.56 Å². The summed E-state index contributed by atoms with van der Waals surface area (Å²) in [5.74, 6) is 0.226. The number of rotatable bonds is 2. The molecule has 64 valence electrons. The standard InChI is InChI=1S/C8H8BrNOS/c9-7-2-1-6(11)3-5(7)4-8(10)12/h1-3,11H,4H2,(H2,10,12). The Bertz CT molecular complexity index is 314. The van der Waals surface area contributed by atoms with E-state index in [0.29, 0.717) is 11.4 Å². The smallest absolute Gasteiger partial charge is 0.115 e. The van der Waals surface area contributed by atoms with Crippen LogP contribution in [-0.2, 0) is 6.42 Å². The Morgan fingerprint density at radius 2 is 2.25 bits per heavy atom. The van der Waals surface area contributed by atoms with Gasteiger partial charge in [-0.2, -0.15) is 0 Å². The van der Waals surface area contributed by atoms with E-state index in [1.807, 2.05) is 0 Å². The van der Waals surface area contributed by atoms with E-state index in [4.69, 9.17) is 23.1 Å². The summed E-state index contributed by atoms with van der Waals surface area (Å²) in [4.78, 5) is 0.418. The molecule has 1 rings (SSSR count). The van der Waals surface area contributed by atoms with Crippen molar-refractivity contribution < 1.29 is 5.11 Å². The largest absolute Gasteiger partial charge is 0.508 e. The van der Waals surface area contributed by atoms with Crippen molar-refractivity contribution in [2.24, 2.45) is 5.73 Å². The minimum Gasteiger partial charge on any atom is -0.508 e. The van der Waals surface area contributed by atoms with Crippen molar-refractivity contribution in [2.45, 2.75) is 6.42 Å². The maximum atomic E-state index is 9.15. The van der Waals surface area contributed by atoms with Crippen molar-refractivity contribution in [3.05, 3.63) is 28.2 Å². The number of halogens is 1. The molecule has 0 amide bonds. The van der Waals surface area contributed by atoms with Crippen molar-refractivity contribution in [2.75, 3.05) is 0 Å². The Morgan fingerprint density at radius 1 is 1.58 bits per heavy atom. The van der Waals surface area contributed by atoms with Crippen molar-refractivity contribution in [3.8, 4) is 5.75 Å². The van der Waals surface area contributed by atoms with Gasteiger partial charge in [0, 0.05) is 10.9 Å². The van der Waals surface area contributed by atoms with Gasteiger partial charge in [0.25, 0.3) is 0 Å². The summed E-state index contributed by atoms with van der Waals surface area (Å²) in [6.07, 6.45) is 0.504. The monoisotopic (exact) mass is 245 g/mol. The maximum Gasteiger partial charge on any atom is 0.115 e. The average molecular weight is 246 g/mol. The molecule has 0 aliphatic heterocycles. The van der Waals surface area contributed by atoms with Gasteiger partial charge in [0.15, 0.2) is 0 Å². The predicted molar refractivity (Wildman–Crippen MR) is 56.3 cm³/mol. The number of hydrogen-bond acceptors (Lipinski definition) is 2. The topological polar surface area (TPSA) is 46.2 Å². The van der Waals surface area contributed by atoms with Crippen LogP contribution in [0.3, 0.4) is 0 Å². The van der Waals surface area contributed by atoms with Gasteiger partial charge in [-0.15, -0.1) is 0 Å². The molecule has 0 atom stereocenters. The lowest BCUT2D eigenvalue weighted by Crippen LogP contribution is -2.11. The Kier molecular flexibility index (Phi) is 3.05. The molecule has 0 fully saturated rings. The number of phenolic OH excluding ortho intramolecular Hbond substituents is 1. The number of nitrogens with two attached hydrogens (primary N) is 1. The Labute approximate surface area is 84.5 Å². The van der Waals surface area contributed by atoms with Gasteiger partial charge in [-0.1, -0.05) is 28.1 Å². The zero-order valence-electron chi connectivity index (χ0n) is 6.25. The van der Waals surface area contributed by atoms with E-state index < -0.39 is 0 Å².